The van der Waals surface area contributed by atoms with Crippen molar-refractivity contribution in [3.63, 3.8) is 0 Å². The summed E-state index contributed by atoms with van der Waals surface area (Å²) in [5, 5.41) is 1.09. The number of methoxy groups -OCH3 is 1. The SMILES string of the molecule is COc1ccc2c(N)c(-c3ccc(CC(C)C(C)C(C)C4CC4)cn3)n(C3CCC3)c2c1. The molecule has 3 unspecified atom stereocenters. The van der Waals surface area contributed by atoms with Crippen LogP contribution in [0.2, 0.25) is 0 Å². The van der Waals surface area contributed by atoms with Crippen molar-refractivity contribution in [3.05, 3.63) is 42.1 Å². The van der Waals surface area contributed by atoms with Crippen molar-refractivity contribution < 1.29 is 4.74 Å². The number of nitrogen functional groups attached to an aromatic ring is 1. The molecule has 2 aliphatic carbocycles. The summed E-state index contributed by atoms with van der Waals surface area (Å²) >= 11 is 0. The van der Waals surface area contributed by atoms with E-state index in [1.165, 1.54) is 37.7 Å². The minimum atomic E-state index is 0.489. The summed E-state index contributed by atoms with van der Waals surface area (Å²) in [5.41, 5.74) is 12.0. The van der Waals surface area contributed by atoms with Crippen molar-refractivity contribution in [1.29, 1.82) is 0 Å². The second-order valence-corrected chi connectivity index (χ2v) is 10.4. The molecule has 170 valence electrons. The van der Waals surface area contributed by atoms with Crippen LogP contribution in [0.5, 0.6) is 5.75 Å². The number of rotatable bonds is 8. The van der Waals surface area contributed by atoms with Crippen molar-refractivity contribution >= 4 is 16.6 Å². The first-order chi connectivity index (χ1) is 15.5. The molecule has 32 heavy (non-hydrogen) atoms. The van der Waals surface area contributed by atoms with Gasteiger partial charge in [-0.25, -0.2) is 0 Å². The van der Waals surface area contributed by atoms with E-state index >= 15 is 0 Å². The van der Waals surface area contributed by atoms with Crippen LogP contribution in [-0.4, -0.2) is 16.7 Å². The van der Waals surface area contributed by atoms with Crippen molar-refractivity contribution in [2.75, 3.05) is 12.8 Å². The molecule has 0 amide bonds. The molecule has 0 spiro atoms. The highest BCUT2D eigenvalue weighted by atomic mass is 16.5. The first-order valence-corrected chi connectivity index (χ1v) is 12.4. The molecule has 4 nitrogen and oxygen atoms in total. The summed E-state index contributed by atoms with van der Waals surface area (Å²) in [6, 6.07) is 11.1. The second kappa shape index (κ2) is 8.46. The van der Waals surface area contributed by atoms with Crippen LogP contribution >= 0.6 is 0 Å². The van der Waals surface area contributed by atoms with Crippen LogP contribution in [0.1, 0.15) is 64.5 Å². The number of hydrogen-bond donors (Lipinski definition) is 1. The average molecular weight is 432 g/mol. The van der Waals surface area contributed by atoms with Gasteiger partial charge in [-0.15, -0.1) is 0 Å². The maximum Gasteiger partial charge on any atom is 0.120 e. The molecule has 3 aromatic rings. The second-order valence-electron chi connectivity index (χ2n) is 10.4. The van der Waals surface area contributed by atoms with Gasteiger partial charge in [0, 0.05) is 23.7 Å². The summed E-state index contributed by atoms with van der Waals surface area (Å²) in [6.07, 6.45) is 9.68. The Morgan fingerprint density at radius 3 is 2.47 bits per heavy atom. The van der Waals surface area contributed by atoms with Gasteiger partial charge in [0.2, 0.25) is 0 Å². The van der Waals surface area contributed by atoms with Crippen LogP contribution in [0.4, 0.5) is 5.69 Å². The Bertz CT molecular complexity index is 1090. The van der Waals surface area contributed by atoms with Gasteiger partial charge in [0.1, 0.15) is 5.75 Å². The molecule has 0 saturated heterocycles. The van der Waals surface area contributed by atoms with E-state index in [0.717, 1.165) is 57.9 Å². The van der Waals surface area contributed by atoms with E-state index in [0.29, 0.717) is 12.0 Å². The molecule has 2 heterocycles. The molecule has 0 radical (unpaired) electrons. The average Bonchev–Trinajstić information content (AvgIpc) is 3.58. The lowest BCUT2D eigenvalue weighted by Gasteiger charge is -2.30. The maximum absolute atomic E-state index is 6.70. The zero-order valence-electron chi connectivity index (χ0n) is 20.0. The van der Waals surface area contributed by atoms with E-state index in [4.69, 9.17) is 15.5 Å². The number of benzene rings is 1. The molecule has 2 aliphatic rings. The molecule has 2 aromatic heterocycles. The normalized spacial score (nSPS) is 19.5. The number of pyridine rings is 1. The summed E-state index contributed by atoms with van der Waals surface area (Å²) in [7, 11) is 1.72. The molecule has 1 aromatic carbocycles. The largest absolute Gasteiger partial charge is 0.497 e. The van der Waals surface area contributed by atoms with Gasteiger partial charge in [-0.1, -0.05) is 26.8 Å². The molecule has 2 saturated carbocycles. The van der Waals surface area contributed by atoms with Gasteiger partial charge >= 0.3 is 0 Å². The van der Waals surface area contributed by atoms with E-state index in [1.54, 1.807) is 7.11 Å². The smallest absolute Gasteiger partial charge is 0.120 e. The Hall–Kier alpha value is -2.49. The summed E-state index contributed by atoms with van der Waals surface area (Å²) in [4.78, 5) is 4.92. The molecular formula is C28H37N3O. The first-order valence-electron chi connectivity index (χ1n) is 12.4. The quantitative estimate of drug-likeness (QED) is 0.423. The van der Waals surface area contributed by atoms with E-state index in [-0.39, 0.29) is 0 Å². The van der Waals surface area contributed by atoms with Gasteiger partial charge in [0.15, 0.2) is 0 Å². The van der Waals surface area contributed by atoms with Crippen LogP contribution in [0.15, 0.2) is 36.5 Å². The number of nitrogens with two attached hydrogens (primary N) is 1. The van der Waals surface area contributed by atoms with E-state index in [9.17, 15) is 0 Å². The van der Waals surface area contributed by atoms with Gasteiger partial charge in [-0.2, -0.15) is 0 Å². The monoisotopic (exact) mass is 431 g/mol. The molecule has 4 heteroatoms. The predicted octanol–water partition coefficient (Wildman–Crippen LogP) is 6.88. The molecular weight excluding hydrogens is 394 g/mol. The summed E-state index contributed by atoms with van der Waals surface area (Å²) < 4.78 is 7.92. The fourth-order valence-electron chi connectivity index (χ4n) is 5.54. The minimum absolute atomic E-state index is 0.489. The molecule has 3 atom stereocenters. The van der Waals surface area contributed by atoms with Crippen LogP contribution in [-0.2, 0) is 6.42 Å². The highest BCUT2D eigenvalue weighted by Gasteiger charge is 2.33. The number of nitrogens with zero attached hydrogens (tertiary/aromatic N) is 2. The summed E-state index contributed by atoms with van der Waals surface area (Å²) in [5.74, 6) is 4.07. The van der Waals surface area contributed by atoms with Gasteiger partial charge in [-0.05, 0) is 86.0 Å². The molecule has 0 bridgehead atoms. The number of anilines is 1. The summed E-state index contributed by atoms with van der Waals surface area (Å²) in [6.45, 7) is 7.27. The van der Waals surface area contributed by atoms with Gasteiger partial charge in [-0.3, -0.25) is 4.98 Å². The molecule has 0 aliphatic heterocycles. The highest BCUT2D eigenvalue weighted by molar-refractivity contribution is 6.01. The maximum atomic E-state index is 6.70. The zero-order valence-corrected chi connectivity index (χ0v) is 20.0. The van der Waals surface area contributed by atoms with Crippen LogP contribution < -0.4 is 10.5 Å². The topological polar surface area (TPSA) is 53.1 Å². The predicted molar refractivity (Wildman–Crippen MR) is 133 cm³/mol. The number of ether oxygens (including phenoxy) is 1. The Labute approximate surface area is 192 Å². The Kier molecular flexibility index (Phi) is 5.65. The van der Waals surface area contributed by atoms with Crippen molar-refractivity contribution in [2.45, 2.75) is 65.3 Å². The number of hydrogen-bond acceptors (Lipinski definition) is 3. The lowest BCUT2D eigenvalue weighted by Crippen LogP contribution is -2.20. The third kappa shape index (κ3) is 3.78. The van der Waals surface area contributed by atoms with Crippen LogP contribution in [0.3, 0.4) is 0 Å². The number of fused-ring (bicyclic) bond motifs is 1. The van der Waals surface area contributed by atoms with E-state index in [1.807, 2.05) is 6.07 Å². The van der Waals surface area contributed by atoms with Gasteiger partial charge in [0.25, 0.3) is 0 Å². The van der Waals surface area contributed by atoms with Crippen LogP contribution in [0.25, 0.3) is 22.3 Å². The third-order valence-corrected chi connectivity index (χ3v) is 8.41. The Morgan fingerprint density at radius 1 is 1.09 bits per heavy atom. The lowest BCUT2D eigenvalue weighted by molar-refractivity contribution is 0.252. The molecule has 5 rings (SSSR count). The zero-order chi connectivity index (χ0) is 22.4. The molecule has 2 N–H and O–H groups in total. The first kappa shape index (κ1) is 21.4. The highest BCUT2D eigenvalue weighted by Crippen LogP contribution is 2.45. The van der Waals surface area contributed by atoms with Crippen LogP contribution in [0, 0.1) is 23.7 Å². The van der Waals surface area contributed by atoms with Gasteiger partial charge in [0.05, 0.1) is 29.7 Å². The van der Waals surface area contributed by atoms with Crippen molar-refractivity contribution in [2.24, 2.45) is 23.7 Å². The number of aromatic nitrogens is 2. The Balaban J connectivity index is 1.44. The fourth-order valence-corrected chi connectivity index (χ4v) is 5.54. The standard InChI is InChI=1S/C28H37N3O/c1-17(18(2)19(3)21-9-10-21)14-20-8-13-25(30-16-20)28-27(29)24-12-11-23(32-4)15-26(24)31(28)22-6-5-7-22/h8,11-13,15-19,21-22H,5-7,9-10,14,29H2,1-4H3. The van der Waals surface area contributed by atoms with E-state index in [2.05, 4.69) is 55.8 Å². The fraction of sp³-hybridized carbons (Fsp3) is 0.536. The lowest BCUT2D eigenvalue weighted by atomic mass is 9.79. The third-order valence-electron chi connectivity index (χ3n) is 8.41. The van der Waals surface area contributed by atoms with Crippen molar-refractivity contribution in [3.8, 4) is 17.1 Å². The van der Waals surface area contributed by atoms with E-state index < -0.39 is 0 Å². The van der Waals surface area contributed by atoms with Crippen molar-refractivity contribution in [1.82, 2.24) is 9.55 Å². The Morgan fingerprint density at radius 2 is 1.88 bits per heavy atom. The molecule has 2 fully saturated rings. The minimum Gasteiger partial charge on any atom is -0.497 e. The van der Waals surface area contributed by atoms with Gasteiger partial charge < -0.3 is 15.0 Å².